The number of hydrogen-bond acceptors (Lipinski definition) is 5. The quantitative estimate of drug-likeness (QED) is 0.421. The fourth-order valence-corrected chi connectivity index (χ4v) is 5.98. The van der Waals surface area contributed by atoms with Gasteiger partial charge in [-0.25, -0.2) is 0 Å². The highest BCUT2D eigenvalue weighted by Crippen LogP contribution is 2.50. The summed E-state index contributed by atoms with van der Waals surface area (Å²) in [6, 6.07) is 6.35. The lowest BCUT2D eigenvalue weighted by Crippen LogP contribution is -2.53. The number of anilines is 1. The average Bonchev–Trinajstić information content (AvgIpc) is 3.11. The van der Waals surface area contributed by atoms with Crippen molar-refractivity contribution in [2.75, 3.05) is 17.6 Å². The Hall–Kier alpha value is -2.22. The fraction of sp³-hybridized carbons (Fsp3) is 0.609. The molecule has 0 aromatic heterocycles. The molecule has 1 heterocycles. The Bertz CT molecular complexity index is 960. The number of amides is 2. The van der Waals surface area contributed by atoms with Crippen molar-refractivity contribution in [3.63, 3.8) is 0 Å². The second-order valence-corrected chi connectivity index (χ2v) is 11.7. The third-order valence-electron chi connectivity index (χ3n) is 6.11. The maximum atomic E-state index is 13.5. The van der Waals surface area contributed by atoms with Crippen LogP contribution in [0.25, 0.3) is 0 Å². The summed E-state index contributed by atoms with van der Waals surface area (Å²) in [7, 11) is -4.43. The van der Waals surface area contributed by atoms with Crippen LogP contribution >= 0.6 is 7.60 Å². The molecular formula is C23H33N2O7P. The van der Waals surface area contributed by atoms with Gasteiger partial charge in [0.1, 0.15) is 18.2 Å². The van der Waals surface area contributed by atoms with Crippen molar-refractivity contribution in [3.8, 4) is 0 Å². The Balaban J connectivity index is 1.85. The molecule has 10 heteroatoms. The maximum absolute atomic E-state index is 13.5. The topological polar surface area (TPSA) is 133 Å². The monoisotopic (exact) mass is 480 g/mol. The van der Waals surface area contributed by atoms with E-state index in [1.165, 1.54) is 4.90 Å². The molecule has 1 saturated carbocycles. The van der Waals surface area contributed by atoms with Gasteiger partial charge in [-0.05, 0) is 58.1 Å². The molecule has 0 spiro atoms. The van der Waals surface area contributed by atoms with Gasteiger partial charge in [0.05, 0.1) is 11.6 Å². The number of benzene rings is 1. The molecule has 3 N–H and O–H groups in total. The summed E-state index contributed by atoms with van der Waals surface area (Å²) in [5.74, 6) is -1.51. The van der Waals surface area contributed by atoms with E-state index in [1.807, 2.05) is 12.1 Å². The number of carbonyl (C=O) groups excluding carboxylic acids is 3. The predicted molar refractivity (Wildman–Crippen MR) is 123 cm³/mol. The Morgan fingerprint density at radius 3 is 2.45 bits per heavy atom. The highest BCUT2D eigenvalue weighted by molar-refractivity contribution is 7.51. The summed E-state index contributed by atoms with van der Waals surface area (Å²) in [5, 5.41) is 2.77. The minimum atomic E-state index is -4.43. The Morgan fingerprint density at radius 2 is 1.85 bits per heavy atom. The molecule has 1 aliphatic heterocycles. The molecule has 1 aliphatic carbocycles. The van der Waals surface area contributed by atoms with E-state index in [2.05, 4.69) is 5.32 Å². The van der Waals surface area contributed by atoms with Gasteiger partial charge in [0, 0.05) is 5.69 Å². The first-order chi connectivity index (χ1) is 15.3. The number of carbonyl (C=O) groups is 3. The zero-order valence-corrected chi connectivity index (χ0v) is 20.3. The van der Waals surface area contributed by atoms with E-state index >= 15 is 0 Å². The SMILES string of the molecule is CC(C)(C)OC(=O)CN1C(=O)C(NC(=O)C2(CP(=O)(O)O)CCCC2)CCc2ccccc21. The van der Waals surface area contributed by atoms with E-state index in [0.29, 0.717) is 44.2 Å². The Labute approximate surface area is 194 Å². The molecule has 1 unspecified atom stereocenters. The molecule has 1 aromatic rings. The second-order valence-electron chi connectivity index (χ2n) is 10.0. The third kappa shape index (κ3) is 6.43. The first-order valence-corrected chi connectivity index (χ1v) is 13.1. The van der Waals surface area contributed by atoms with Gasteiger partial charge in [0.2, 0.25) is 11.8 Å². The summed E-state index contributed by atoms with van der Waals surface area (Å²) in [6.45, 7) is 4.93. The zero-order chi connectivity index (χ0) is 24.4. The van der Waals surface area contributed by atoms with Gasteiger partial charge in [0.15, 0.2) is 0 Å². The summed E-state index contributed by atoms with van der Waals surface area (Å²) >= 11 is 0. The highest BCUT2D eigenvalue weighted by atomic mass is 31.2. The first kappa shape index (κ1) is 25.4. The van der Waals surface area contributed by atoms with Crippen molar-refractivity contribution in [2.24, 2.45) is 5.41 Å². The summed E-state index contributed by atoms with van der Waals surface area (Å²) < 4.78 is 17.1. The molecule has 2 aliphatic rings. The largest absolute Gasteiger partial charge is 0.459 e. The Morgan fingerprint density at radius 1 is 1.21 bits per heavy atom. The summed E-state index contributed by atoms with van der Waals surface area (Å²) in [5.41, 5.74) is -0.432. The van der Waals surface area contributed by atoms with E-state index in [1.54, 1.807) is 32.9 Å². The van der Waals surface area contributed by atoms with E-state index < -0.39 is 48.6 Å². The highest BCUT2D eigenvalue weighted by Gasteiger charge is 2.47. The van der Waals surface area contributed by atoms with Crippen LogP contribution in [0.3, 0.4) is 0 Å². The molecule has 33 heavy (non-hydrogen) atoms. The van der Waals surface area contributed by atoms with E-state index in [9.17, 15) is 28.7 Å². The van der Waals surface area contributed by atoms with E-state index in [0.717, 1.165) is 5.56 Å². The molecule has 9 nitrogen and oxygen atoms in total. The standard InChI is InChI=1S/C23H33N2O7P/c1-22(2,3)32-19(26)14-25-18-9-5-4-8-16(18)10-11-17(20(25)27)24-21(28)23(12-6-7-13-23)15-33(29,30)31/h4-5,8-9,17H,6-7,10-15H2,1-3H3,(H,24,28)(H2,29,30,31). The third-order valence-corrected chi connectivity index (χ3v) is 7.13. The average molecular weight is 480 g/mol. The van der Waals surface area contributed by atoms with Crippen molar-refractivity contribution in [3.05, 3.63) is 29.8 Å². The number of aryl methyl sites for hydroxylation is 1. The number of rotatable bonds is 6. The molecule has 0 bridgehead atoms. The summed E-state index contributed by atoms with van der Waals surface area (Å²) in [4.78, 5) is 59.7. The van der Waals surface area contributed by atoms with Crippen LogP contribution in [0.4, 0.5) is 5.69 Å². The molecule has 3 rings (SSSR count). The smallest absolute Gasteiger partial charge is 0.326 e. The van der Waals surface area contributed by atoms with Gasteiger partial charge >= 0.3 is 13.6 Å². The predicted octanol–water partition coefficient (Wildman–Crippen LogP) is 2.53. The van der Waals surface area contributed by atoms with Gasteiger partial charge in [0.25, 0.3) is 0 Å². The number of para-hydroxylation sites is 1. The zero-order valence-electron chi connectivity index (χ0n) is 19.4. The van der Waals surface area contributed by atoms with Gasteiger partial charge in [-0.2, -0.15) is 0 Å². The molecule has 1 fully saturated rings. The molecule has 2 amide bonds. The van der Waals surface area contributed by atoms with Crippen molar-refractivity contribution >= 4 is 31.1 Å². The lowest BCUT2D eigenvalue weighted by atomic mass is 9.87. The molecule has 182 valence electrons. The number of fused-ring (bicyclic) bond motifs is 1. The van der Waals surface area contributed by atoms with Crippen molar-refractivity contribution in [2.45, 2.75) is 70.9 Å². The first-order valence-electron chi connectivity index (χ1n) is 11.3. The number of hydrogen-bond donors (Lipinski definition) is 3. The molecule has 1 atom stereocenters. The molecule has 0 saturated heterocycles. The van der Waals surface area contributed by atoms with E-state index in [4.69, 9.17) is 4.74 Å². The van der Waals surface area contributed by atoms with Gasteiger partial charge in [-0.1, -0.05) is 31.0 Å². The normalized spacial score (nSPS) is 20.7. The molecule has 1 aromatic carbocycles. The second kappa shape index (κ2) is 9.57. The van der Waals surface area contributed by atoms with Crippen molar-refractivity contribution < 1.29 is 33.5 Å². The van der Waals surface area contributed by atoms with Crippen molar-refractivity contribution in [1.82, 2.24) is 5.32 Å². The van der Waals surface area contributed by atoms with Crippen LogP contribution in [0.15, 0.2) is 24.3 Å². The van der Waals surface area contributed by atoms with Gasteiger partial charge in [-0.3, -0.25) is 23.8 Å². The van der Waals surface area contributed by atoms with Gasteiger partial charge < -0.3 is 19.8 Å². The van der Waals surface area contributed by atoms with Crippen LogP contribution in [0.2, 0.25) is 0 Å². The minimum Gasteiger partial charge on any atom is -0.459 e. The fourth-order valence-electron chi connectivity index (χ4n) is 4.73. The molecular weight excluding hydrogens is 447 g/mol. The van der Waals surface area contributed by atoms with Crippen molar-refractivity contribution in [1.29, 1.82) is 0 Å². The number of nitrogens with zero attached hydrogens (tertiary/aromatic N) is 1. The van der Waals surface area contributed by atoms with Crippen LogP contribution in [0.1, 0.15) is 58.4 Å². The number of esters is 1. The lowest BCUT2D eigenvalue weighted by Gasteiger charge is -2.31. The number of nitrogens with one attached hydrogen (secondary N) is 1. The van der Waals surface area contributed by atoms with Gasteiger partial charge in [-0.15, -0.1) is 0 Å². The molecule has 0 radical (unpaired) electrons. The van der Waals surface area contributed by atoms with Crippen LogP contribution < -0.4 is 10.2 Å². The Kier molecular flexibility index (Phi) is 7.36. The van der Waals surface area contributed by atoms with Crippen LogP contribution in [0, 0.1) is 5.41 Å². The van der Waals surface area contributed by atoms with Crippen LogP contribution in [-0.4, -0.2) is 51.9 Å². The lowest BCUT2D eigenvalue weighted by molar-refractivity contribution is -0.153. The minimum absolute atomic E-state index is 0.299. The number of ether oxygens (including phenoxy) is 1. The van der Waals surface area contributed by atoms with Crippen LogP contribution in [0.5, 0.6) is 0 Å². The summed E-state index contributed by atoms with van der Waals surface area (Å²) in [6.07, 6.45) is 2.42. The maximum Gasteiger partial charge on any atom is 0.326 e. The van der Waals surface area contributed by atoms with Crippen LogP contribution in [-0.2, 0) is 30.1 Å². The van der Waals surface area contributed by atoms with E-state index in [-0.39, 0.29) is 6.54 Å².